The van der Waals surface area contributed by atoms with Crippen molar-refractivity contribution in [2.75, 3.05) is 0 Å². The predicted molar refractivity (Wildman–Crippen MR) is 82.2 cm³/mol. The predicted octanol–water partition coefficient (Wildman–Crippen LogP) is 3.09. The number of nitrogens with one attached hydrogen (secondary N) is 1. The number of rotatable bonds is 4. The van der Waals surface area contributed by atoms with E-state index < -0.39 is 0 Å². The van der Waals surface area contributed by atoms with E-state index in [4.69, 9.17) is 17.4 Å². The second-order valence-corrected chi connectivity index (χ2v) is 5.60. The van der Waals surface area contributed by atoms with E-state index in [0.29, 0.717) is 5.15 Å². The van der Waals surface area contributed by atoms with Gasteiger partial charge < -0.3 is 0 Å². The molecule has 0 aliphatic rings. The second-order valence-electron chi connectivity index (χ2n) is 3.96. The van der Waals surface area contributed by atoms with E-state index in [-0.39, 0.29) is 6.04 Å². The van der Waals surface area contributed by atoms with Crippen molar-refractivity contribution in [3.05, 3.63) is 62.4 Å². The van der Waals surface area contributed by atoms with Crippen LogP contribution in [0.4, 0.5) is 0 Å². The molecule has 0 spiro atoms. The maximum absolute atomic E-state index is 5.77. The van der Waals surface area contributed by atoms with Crippen molar-refractivity contribution >= 4 is 34.2 Å². The van der Waals surface area contributed by atoms with Gasteiger partial charge in [-0.05, 0) is 58.3 Å². The minimum absolute atomic E-state index is 0.0369. The lowest BCUT2D eigenvalue weighted by Gasteiger charge is -2.16. The van der Waals surface area contributed by atoms with Crippen molar-refractivity contribution in [1.29, 1.82) is 0 Å². The van der Waals surface area contributed by atoms with Crippen molar-refractivity contribution < 1.29 is 0 Å². The number of aromatic nitrogens is 1. The Bertz CT molecular complexity index is 499. The van der Waals surface area contributed by atoms with E-state index in [1.165, 1.54) is 9.13 Å². The molecule has 5 heteroatoms. The zero-order valence-electron chi connectivity index (χ0n) is 9.61. The van der Waals surface area contributed by atoms with Gasteiger partial charge in [0.25, 0.3) is 0 Å². The number of nitrogens with two attached hydrogens (primary N) is 1. The number of halogens is 2. The van der Waals surface area contributed by atoms with Gasteiger partial charge in [0.15, 0.2) is 0 Å². The molecule has 1 aromatic heterocycles. The minimum Gasteiger partial charge on any atom is -0.271 e. The van der Waals surface area contributed by atoms with E-state index in [1.807, 2.05) is 6.07 Å². The van der Waals surface area contributed by atoms with Crippen LogP contribution in [0.5, 0.6) is 0 Å². The van der Waals surface area contributed by atoms with Crippen molar-refractivity contribution in [1.82, 2.24) is 10.4 Å². The lowest BCUT2D eigenvalue weighted by atomic mass is 10.0. The number of hydrogen-bond donors (Lipinski definition) is 2. The fourth-order valence-electron chi connectivity index (χ4n) is 1.72. The largest absolute Gasteiger partial charge is 0.271 e. The highest BCUT2D eigenvalue weighted by atomic mass is 127. The molecule has 0 amide bonds. The van der Waals surface area contributed by atoms with E-state index in [1.54, 1.807) is 12.3 Å². The first-order valence-corrected chi connectivity index (χ1v) is 6.97. The molecule has 1 aromatic carbocycles. The Balaban J connectivity index is 2.14. The van der Waals surface area contributed by atoms with Crippen LogP contribution in [0.1, 0.15) is 17.2 Å². The van der Waals surface area contributed by atoms with Gasteiger partial charge in [0.1, 0.15) is 5.15 Å². The summed E-state index contributed by atoms with van der Waals surface area (Å²) in [5, 5.41) is 0.490. The van der Waals surface area contributed by atoms with Gasteiger partial charge in [-0.1, -0.05) is 29.8 Å². The Hall–Kier alpha value is -0.690. The third-order valence-corrected chi connectivity index (χ3v) is 3.65. The van der Waals surface area contributed by atoms with Crippen LogP contribution in [0.2, 0.25) is 5.15 Å². The highest BCUT2D eigenvalue weighted by Gasteiger charge is 2.10. The highest BCUT2D eigenvalue weighted by molar-refractivity contribution is 14.1. The maximum Gasteiger partial charge on any atom is 0.129 e. The van der Waals surface area contributed by atoms with Crippen LogP contribution in [0.15, 0.2) is 42.6 Å². The molecule has 1 atom stereocenters. The molecule has 3 N–H and O–H groups in total. The van der Waals surface area contributed by atoms with Crippen LogP contribution in [0.3, 0.4) is 0 Å². The summed E-state index contributed by atoms with van der Waals surface area (Å²) in [6.07, 6.45) is 2.57. The third kappa shape index (κ3) is 3.65. The van der Waals surface area contributed by atoms with Crippen molar-refractivity contribution in [3.63, 3.8) is 0 Å². The molecule has 1 heterocycles. The Labute approximate surface area is 125 Å². The van der Waals surface area contributed by atoms with E-state index >= 15 is 0 Å². The first-order chi connectivity index (χ1) is 8.69. The van der Waals surface area contributed by atoms with Crippen molar-refractivity contribution in [2.24, 2.45) is 5.84 Å². The number of benzene rings is 1. The quantitative estimate of drug-likeness (QED) is 0.375. The van der Waals surface area contributed by atoms with Gasteiger partial charge in [0, 0.05) is 9.77 Å². The summed E-state index contributed by atoms with van der Waals surface area (Å²) in [4.78, 5) is 4.07. The molecule has 3 nitrogen and oxygen atoms in total. The lowest BCUT2D eigenvalue weighted by molar-refractivity contribution is 0.550. The topological polar surface area (TPSA) is 50.9 Å². The van der Waals surface area contributed by atoms with Gasteiger partial charge in [0.2, 0.25) is 0 Å². The van der Waals surface area contributed by atoms with Gasteiger partial charge in [-0.3, -0.25) is 11.3 Å². The average Bonchev–Trinajstić information content (AvgIpc) is 2.39. The third-order valence-electron chi connectivity index (χ3n) is 2.71. The summed E-state index contributed by atoms with van der Waals surface area (Å²) in [7, 11) is 0. The fraction of sp³-hybridized carbons (Fsp3) is 0.154. The summed E-state index contributed by atoms with van der Waals surface area (Å²) in [6, 6.07) is 12.1. The average molecular weight is 374 g/mol. The number of hydrazine groups is 1. The zero-order chi connectivity index (χ0) is 13.0. The molecule has 18 heavy (non-hydrogen) atoms. The van der Waals surface area contributed by atoms with Gasteiger partial charge in [0.05, 0.1) is 6.04 Å². The number of pyridine rings is 1. The molecule has 94 valence electrons. The molecule has 0 saturated carbocycles. The molecule has 0 aliphatic carbocycles. The van der Waals surface area contributed by atoms with Crippen LogP contribution in [0, 0.1) is 3.57 Å². The highest BCUT2D eigenvalue weighted by Crippen LogP contribution is 2.19. The minimum atomic E-state index is 0.0369. The summed E-state index contributed by atoms with van der Waals surface area (Å²) in [5.41, 5.74) is 5.07. The van der Waals surface area contributed by atoms with E-state index in [9.17, 15) is 0 Å². The molecule has 0 saturated heterocycles. The zero-order valence-corrected chi connectivity index (χ0v) is 12.5. The Morgan fingerprint density at radius 1 is 1.22 bits per heavy atom. The second kappa shape index (κ2) is 6.47. The SMILES string of the molecule is NNC(Cc1ccc(I)cc1)c1ccc(Cl)nc1. The van der Waals surface area contributed by atoms with Crippen LogP contribution in [0.25, 0.3) is 0 Å². The smallest absolute Gasteiger partial charge is 0.129 e. The van der Waals surface area contributed by atoms with Crippen molar-refractivity contribution in [3.8, 4) is 0 Å². The lowest BCUT2D eigenvalue weighted by Crippen LogP contribution is -2.29. The first-order valence-electron chi connectivity index (χ1n) is 5.51. The molecule has 0 radical (unpaired) electrons. The number of hydrogen-bond acceptors (Lipinski definition) is 3. The molecule has 0 aliphatic heterocycles. The Morgan fingerprint density at radius 3 is 2.50 bits per heavy atom. The molecular formula is C13H13ClIN3. The maximum atomic E-state index is 5.77. The van der Waals surface area contributed by atoms with Crippen LogP contribution < -0.4 is 11.3 Å². The Morgan fingerprint density at radius 2 is 1.94 bits per heavy atom. The van der Waals surface area contributed by atoms with Gasteiger partial charge in [-0.15, -0.1) is 0 Å². The van der Waals surface area contributed by atoms with Gasteiger partial charge >= 0.3 is 0 Å². The van der Waals surface area contributed by atoms with E-state index in [2.05, 4.69) is 57.3 Å². The van der Waals surface area contributed by atoms with Crippen molar-refractivity contribution in [2.45, 2.75) is 12.5 Å². The first kappa shape index (κ1) is 13.7. The standard InChI is InChI=1S/C13H13ClIN3/c14-13-6-3-10(8-17-13)12(18-16)7-9-1-4-11(15)5-2-9/h1-6,8,12,18H,7,16H2. The summed E-state index contributed by atoms with van der Waals surface area (Å²) < 4.78 is 1.22. The van der Waals surface area contributed by atoms with Crippen LogP contribution >= 0.6 is 34.2 Å². The molecular weight excluding hydrogens is 361 g/mol. The monoisotopic (exact) mass is 373 g/mol. The molecule has 0 bridgehead atoms. The summed E-state index contributed by atoms with van der Waals surface area (Å²) in [6.45, 7) is 0. The molecule has 2 aromatic rings. The number of nitrogens with zero attached hydrogens (tertiary/aromatic N) is 1. The Kier molecular flexibility index (Phi) is 4.94. The molecule has 2 rings (SSSR count). The van der Waals surface area contributed by atoms with E-state index in [0.717, 1.165) is 12.0 Å². The molecule has 0 fully saturated rings. The summed E-state index contributed by atoms with van der Waals surface area (Å²) in [5.74, 6) is 5.61. The summed E-state index contributed by atoms with van der Waals surface area (Å²) >= 11 is 8.06. The normalized spacial score (nSPS) is 12.4. The van der Waals surface area contributed by atoms with Gasteiger partial charge in [-0.25, -0.2) is 4.98 Å². The fourth-order valence-corrected chi connectivity index (χ4v) is 2.19. The molecule has 1 unspecified atom stereocenters. The van der Waals surface area contributed by atoms with Crippen LogP contribution in [-0.2, 0) is 6.42 Å². The van der Waals surface area contributed by atoms with Crippen LogP contribution in [-0.4, -0.2) is 4.98 Å². The van der Waals surface area contributed by atoms with Gasteiger partial charge in [-0.2, -0.15) is 0 Å².